The quantitative estimate of drug-likeness (QED) is 0.236. The average molecular weight is 449 g/mol. The molecule has 1 aliphatic carbocycles. The summed E-state index contributed by atoms with van der Waals surface area (Å²) in [6.07, 6.45) is 0. The Morgan fingerprint density at radius 2 is 1.17 bits per heavy atom. The van der Waals surface area contributed by atoms with Gasteiger partial charge in [0.2, 0.25) is 0 Å². The van der Waals surface area contributed by atoms with Gasteiger partial charge in [-0.2, -0.15) is 0 Å². The van der Waals surface area contributed by atoms with E-state index in [4.69, 9.17) is 0 Å². The minimum Gasteiger partial charge on any atom is -0.0613 e. The van der Waals surface area contributed by atoms with Crippen LogP contribution >= 0.6 is 15.9 Å². The molecule has 0 radical (unpaired) electrons. The molecule has 30 heavy (non-hydrogen) atoms. The second-order valence-electron chi connectivity index (χ2n) is 8.77. The van der Waals surface area contributed by atoms with Gasteiger partial charge in [-0.25, -0.2) is 0 Å². The Balaban J connectivity index is 1.58. The predicted molar refractivity (Wildman–Crippen MR) is 132 cm³/mol. The normalized spacial score (nSPS) is 14.1. The van der Waals surface area contributed by atoms with Gasteiger partial charge in [0.15, 0.2) is 0 Å². The summed E-state index contributed by atoms with van der Waals surface area (Å²) in [4.78, 5) is 0. The van der Waals surface area contributed by atoms with E-state index in [-0.39, 0.29) is 5.41 Å². The first-order valence-corrected chi connectivity index (χ1v) is 11.2. The zero-order valence-corrected chi connectivity index (χ0v) is 18.6. The molecule has 144 valence electrons. The molecule has 0 N–H and O–H groups in total. The summed E-state index contributed by atoms with van der Waals surface area (Å²) in [7, 11) is 0. The summed E-state index contributed by atoms with van der Waals surface area (Å²) in [5, 5.41) is 5.56. The first kappa shape index (κ1) is 17.9. The van der Waals surface area contributed by atoms with Crippen molar-refractivity contribution in [1.29, 1.82) is 0 Å². The highest BCUT2D eigenvalue weighted by molar-refractivity contribution is 9.10. The van der Waals surface area contributed by atoms with Gasteiger partial charge in [-0.1, -0.05) is 103 Å². The van der Waals surface area contributed by atoms with Crippen LogP contribution in [0.25, 0.3) is 43.8 Å². The molecule has 0 aromatic heterocycles. The first-order valence-electron chi connectivity index (χ1n) is 10.4. The van der Waals surface area contributed by atoms with Crippen molar-refractivity contribution in [2.75, 3.05) is 0 Å². The molecule has 5 aromatic carbocycles. The molecule has 0 spiro atoms. The van der Waals surface area contributed by atoms with E-state index < -0.39 is 0 Å². The van der Waals surface area contributed by atoms with Crippen LogP contribution in [0.1, 0.15) is 25.0 Å². The minimum absolute atomic E-state index is 0.0470. The van der Waals surface area contributed by atoms with Crippen LogP contribution in [0, 0.1) is 0 Å². The van der Waals surface area contributed by atoms with Crippen LogP contribution in [0.3, 0.4) is 0 Å². The average Bonchev–Trinajstić information content (AvgIpc) is 3.01. The SMILES string of the molecule is CC1(C)c2cccc3cc(-c4ccc(-c5ccc(Br)cc5)cc4)c4cccc1c4c23. The fourth-order valence-electron chi connectivity index (χ4n) is 5.16. The van der Waals surface area contributed by atoms with Crippen LogP contribution in [0.2, 0.25) is 0 Å². The van der Waals surface area contributed by atoms with Gasteiger partial charge < -0.3 is 0 Å². The van der Waals surface area contributed by atoms with Gasteiger partial charge in [-0.15, -0.1) is 0 Å². The molecule has 0 atom stereocenters. The highest BCUT2D eigenvalue weighted by Gasteiger charge is 2.34. The third kappa shape index (κ3) is 2.45. The molecule has 5 aromatic rings. The van der Waals surface area contributed by atoms with E-state index in [0.717, 1.165) is 4.47 Å². The highest BCUT2D eigenvalue weighted by Crippen LogP contribution is 2.50. The smallest absolute Gasteiger partial charge is 0.0175 e. The Kier molecular flexibility index (Phi) is 3.76. The van der Waals surface area contributed by atoms with Gasteiger partial charge in [0.25, 0.3) is 0 Å². The molecule has 0 amide bonds. The van der Waals surface area contributed by atoms with Gasteiger partial charge in [-0.05, 0) is 73.1 Å². The van der Waals surface area contributed by atoms with Gasteiger partial charge in [0.05, 0.1) is 0 Å². The molecule has 1 heteroatoms. The zero-order valence-electron chi connectivity index (χ0n) is 17.0. The molecule has 1 aliphatic rings. The third-order valence-corrected chi connectivity index (χ3v) is 7.25. The Morgan fingerprint density at radius 1 is 0.600 bits per heavy atom. The standard InChI is InChI=1S/C29H21Br/c1-29(2)25-7-3-5-21-17-24(23-6-4-8-26(29)28(23)27(21)25)20-11-9-18(10-12-20)19-13-15-22(30)16-14-19/h3-17H,1-2H3. The van der Waals surface area contributed by atoms with Crippen molar-refractivity contribution < 1.29 is 0 Å². The summed E-state index contributed by atoms with van der Waals surface area (Å²) in [5.74, 6) is 0. The Bertz CT molecular complexity index is 1440. The molecule has 0 saturated heterocycles. The molecule has 0 aliphatic heterocycles. The zero-order chi connectivity index (χ0) is 20.5. The van der Waals surface area contributed by atoms with Crippen molar-refractivity contribution in [2.24, 2.45) is 0 Å². The maximum absolute atomic E-state index is 3.52. The van der Waals surface area contributed by atoms with Crippen molar-refractivity contribution in [3.63, 3.8) is 0 Å². The van der Waals surface area contributed by atoms with Crippen LogP contribution in [-0.4, -0.2) is 0 Å². The Hall–Kier alpha value is -2.90. The van der Waals surface area contributed by atoms with Gasteiger partial charge in [0.1, 0.15) is 0 Å². The fraction of sp³-hybridized carbons (Fsp3) is 0.103. The summed E-state index contributed by atoms with van der Waals surface area (Å²) in [6, 6.07) is 33.4. The van der Waals surface area contributed by atoms with Crippen molar-refractivity contribution in [3.8, 4) is 22.3 Å². The molecule has 0 heterocycles. The van der Waals surface area contributed by atoms with Crippen LogP contribution in [0.5, 0.6) is 0 Å². The van der Waals surface area contributed by atoms with Crippen molar-refractivity contribution in [1.82, 2.24) is 0 Å². The summed E-state index contributed by atoms with van der Waals surface area (Å²) >= 11 is 3.52. The minimum atomic E-state index is 0.0470. The van der Waals surface area contributed by atoms with E-state index >= 15 is 0 Å². The van der Waals surface area contributed by atoms with Gasteiger partial charge in [-0.3, -0.25) is 0 Å². The lowest BCUT2D eigenvalue weighted by molar-refractivity contribution is 0.663. The van der Waals surface area contributed by atoms with E-state index in [1.807, 2.05) is 0 Å². The van der Waals surface area contributed by atoms with Crippen LogP contribution in [-0.2, 0) is 5.41 Å². The van der Waals surface area contributed by atoms with E-state index in [0.29, 0.717) is 0 Å². The number of benzene rings is 5. The summed E-state index contributed by atoms with van der Waals surface area (Å²) < 4.78 is 1.11. The lowest BCUT2D eigenvalue weighted by Gasteiger charge is -2.21. The number of halogens is 1. The van der Waals surface area contributed by atoms with Crippen molar-refractivity contribution >= 4 is 37.5 Å². The number of rotatable bonds is 2. The first-order chi connectivity index (χ1) is 14.5. The highest BCUT2D eigenvalue weighted by atomic mass is 79.9. The van der Waals surface area contributed by atoms with Crippen LogP contribution < -0.4 is 0 Å². The topological polar surface area (TPSA) is 0 Å². The van der Waals surface area contributed by atoms with Crippen molar-refractivity contribution in [3.05, 3.63) is 107 Å². The van der Waals surface area contributed by atoms with E-state index in [9.17, 15) is 0 Å². The molecule has 0 unspecified atom stereocenters. The summed E-state index contributed by atoms with van der Waals surface area (Å²) in [5.41, 5.74) is 8.00. The lowest BCUT2D eigenvalue weighted by Crippen LogP contribution is -2.14. The Labute approximate surface area is 185 Å². The van der Waals surface area contributed by atoms with Crippen molar-refractivity contribution in [2.45, 2.75) is 19.3 Å². The maximum Gasteiger partial charge on any atom is 0.0175 e. The number of hydrogen-bond donors (Lipinski definition) is 0. The van der Waals surface area contributed by atoms with E-state index in [1.54, 1.807) is 0 Å². The molecule has 0 bridgehead atoms. The molecule has 0 saturated carbocycles. The largest absolute Gasteiger partial charge is 0.0613 e. The third-order valence-electron chi connectivity index (χ3n) is 6.72. The molecular formula is C29H21Br. The molecular weight excluding hydrogens is 428 g/mol. The lowest BCUT2D eigenvalue weighted by atomic mass is 9.82. The monoisotopic (exact) mass is 448 g/mol. The Morgan fingerprint density at radius 3 is 1.87 bits per heavy atom. The fourth-order valence-corrected chi connectivity index (χ4v) is 5.42. The second-order valence-corrected chi connectivity index (χ2v) is 9.68. The van der Waals surface area contributed by atoms with Crippen LogP contribution in [0.4, 0.5) is 0 Å². The molecule has 6 rings (SSSR count). The second kappa shape index (κ2) is 6.30. The van der Waals surface area contributed by atoms with E-state index in [2.05, 4.69) is 121 Å². The van der Waals surface area contributed by atoms with E-state index in [1.165, 1.54) is 54.9 Å². The predicted octanol–water partition coefficient (Wildman–Crippen LogP) is 8.73. The van der Waals surface area contributed by atoms with Gasteiger partial charge >= 0.3 is 0 Å². The molecule has 0 nitrogen and oxygen atoms in total. The van der Waals surface area contributed by atoms with Crippen LogP contribution in [0.15, 0.2) is 95.5 Å². The summed E-state index contributed by atoms with van der Waals surface area (Å²) in [6.45, 7) is 4.70. The number of hydrogen-bond acceptors (Lipinski definition) is 0. The van der Waals surface area contributed by atoms with Gasteiger partial charge in [0, 0.05) is 9.89 Å². The maximum atomic E-state index is 3.52. The molecule has 0 fully saturated rings.